The van der Waals surface area contributed by atoms with E-state index in [4.69, 9.17) is 5.26 Å². The van der Waals surface area contributed by atoms with Gasteiger partial charge in [0.25, 0.3) is 0 Å². The fourth-order valence-corrected chi connectivity index (χ4v) is 1.26. The summed E-state index contributed by atoms with van der Waals surface area (Å²) in [5, 5.41) is 8.54. The van der Waals surface area contributed by atoms with Gasteiger partial charge < -0.3 is 4.89 Å². The van der Waals surface area contributed by atoms with Crippen molar-refractivity contribution >= 4 is 0 Å². The molecule has 0 saturated carbocycles. The van der Waals surface area contributed by atoms with Crippen molar-refractivity contribution in [1.82, 2.24) is 0 Å². The Morgan fingerprint density at radius 2 is 2.17 bits per heavy atom. The van der Waals surface area contributed by atoms with Crippen LogP contribution in [0.25, 0.3) is 0 Å². The molecule has 0 fully saturated rings. The van der Waals surface area contributed by atoms with Crippen LogP contribution in [-0.4, -0.2) is 5.26 Å². The fraction of sp³-hybridized carbons (Fsp3) is 0.400. The molecule has 0 spiro atoms. The summed E-state index contributed by atoms with van der Waals surface area (Å²) >= 11 is 0. The van der Waals surface area contributed by atoms with Crippen LogP contribution in [0.5, 0.6) is 5.75 Å². The van der Waals surface area contributed by atoms with Crippen LogP contribution in [0.2, 0.25) is 0 Å². The number of aryl methyl sites for hydroxylation is 2. The number of hydrogen-bond donors (Lipinski definition) is 1. The van der Waals surface area contributed by atoms with Crippen molar-refractivity contribution < 1.29 is 10.1 Å². The van der Waals surface area contributed by atoms with E-state index in [0.29, 0.717) is 5.75 Å². The maximum absolute atomic E-state index is 8.54. The highest BCUT2D eigenvalue weighted by atomic mass is 17.1. The molecule has 2 heteroatoms. The molecule has 0 atom stereocenters. The molecule has 1 aromatic rings. The molecule has 0 amide bonds. The monoisotopic (exact) mass is 166 g/mol. The Hall–Kier alpha value is -1.02. The van der Waals surface area contributed by atoms with E-state index in [2.05, 4.69) is 11.8 Å². The van der Waals surface area contributed by atoms with Gasteiger partial charge in [-0.15, -0.1) is 0 Å². The smallest absolute Gasteiger partial charge is 0.168 e. The van der Waals surface area contributed by atoms with E-state index in [1.807, 2.05) is 19.1 Å². The first-order valence-corrected chi connectivity index (χ1v) is 4.19. The lowest BCUT2D eigenvalue weighted by Crippen LogP contribution is -1.92. The lowest BCUT2D eigenvalue weighted by molar-refractivity contribution is -0.138. The zero-order chi connectivity index (χ0) is 8.97. The van der Waals surface area contributed by atoms with Crippen molar-refractivity contribution in [3.63, 3.8) is 0 Å². The molecule has 0 aliphatic heterocycles. The van der Waals surface area contributed by atoms with Gasteiger partial charge in [0, 0.05) is 0 Å². The average molecular weight is 166 g/mol. The maximum atomic E-state index is 8.54. The molecule has 1 rings (SSSR count). The van der Waals surface area contributed by atoms with Gasteiger partial charge in [-0.25, -0.2) is 5.26 Å². The molecule has 0 aliphatic rings. The van der Waals surface area contributed by atoms with Crippen LogP contribution in [0.1, 0.15) is 24.5 Å². The normalized spacial score (nSPS) is 9.92. The van der Waals surface area contributed by atoms with Gasteiger partial charge in [-0.1, -0.05) is 31.0 Å². The summed E-state index contributed by atoms with van der Waals surface area (Å²) in [6.07, 6.45) is 2.00. The third-order valence-corrected chi connectivity index (χ3v) is 1.83. The summed E-state index contributed by atoms with van der Waals surface area (Å²) in [5.74, 6) is 0.572. The van der Waals surface area contributed by atoms with E-state index in [0.717, 1.165) is 18.4 Å². The predicted molar refractivity (Wildman–Crippen MR) is 48.4 cm³/mol. The van der Waals surface area contributed by atoms with Crippen LogP contribution in [0, 0.1) is 6.92 Å². The van der Waals surface area contributed by atoms with Gasteiger partial charge in [0.1, 0.15) is 0 Å². The van der Waals surface area contributed by atoms with Crippen LogP contribution >= 0.6 is 0 Å². The van der Waals surface area contributed by atoms with E-state index in [9.17, 15) is 0 Å². The molecule has 0 unspecified atom stereocenters. The van der Waals surface area contributed by atoms with Crippen LogP contribution < -0.4 is 4.89 Å². The van der Waals surface area contributed by atoms with Crippen LogP contribution in [0.15, 0.2) is 18.2 Å². The summed E-state index contributed by atoms with van der Waals surface area (Å²) in [6, 6.07) is 5.75. The highest BCUT2D eigenvalue weighted by Crippen LogP contribution is 2.20. The van der Waals surface area contributed by atoms with Crippen molar-refractivity contribution in [1.29, 1.82) is 0 Å². The average Bonchev–Trinajstić information content (AvgIpc) is 2.05. The van der Waals surface area contributed by atoms with Gasteiger partial charge in [-0.2, -0.15) is 0 Å². The molecular weight excluding hydrogens is 152 g/mol. The van der Waals surface area contributed by atoms with E-state index < -0.39 is 0 Å². The van der Waals surface area contributed by atoms with Gasteiger partial charge in [-0.05, 0) is 25.0 Å². The third-order valence-electron chi connectivity index (χ3n) is 1.83. The Morgan fingerprint density at radius 1 is 1.42 bits per heavy atom. The molecule has 0 heterocycles. The molecule has 66 valence electrons. The van der Waals surface area contributed by atoms with Crippen molar-refractivity contribution in [3.05, 3.63) is 29.3 Å². The number of rotatable bonds is 3. The molecule has 0 bridgehead atoms. The Bertz CT molecular complexity index is 256. The van der Waals surface area contributed by atoms with Crippen LogP contribution in [0.3, 0.4) is 0 Å². The van der Waals surface area contributed by atoms with E-state index in [1.165, 1.54) is 5.56 Å². The van der Waals surface area contributed by atoms with E-state index >= 15 is 0 Å². The minimum atomic E-state index is 0.572. The summed E-state index contributed by atoms with van der Waals surface area (Å²) in [4.78, 5) is 4.25. The molecule has 2 nitrogen and oxygen atoms in total. The maximum Gasteiger partial charge on any atom is 0.168 e. The molecule has 0 aromatic heterocycles. The van der Waals surface area contributed by atoms with Crippen molar-refractivity contribution in [2.24, 2.45) is 0 Å². The standard InChI is InChI=1S/C10H14O2/c1-3-4-9-7-8(2)5-6-10(9)12-11/h5-7,11H,3-4H2,1-2H3. The molecule has 1 N–H and O–H groups in total. The number of hydrogen-bond acceptors (Lipinski definition) is 2. The third kappa shape index (κ3) is 1.98. The molecule has 1 aromatic carbocycles. The van der Waals surface area contributed by atoms with Crippen molar-refractivity contribution in [2.75, 3.05) is 0 Å². The second kappa shape index (κ2) is 4.12. The second-order valence-electron chi connectivity index (χ2n) is 2.95. The predicted octanol–water partition coefficient (Wildman–Crippen LogP) is 2.80. The highest BCUT2D eigenvalue weighted by molar-refractivity contribution is 5.36. The Balaban J connectivity index is 2.95. The number of benzene rings is 1. The first-order valence-electron chi connectivity index (χ1n) is 4.19. The van der Waals surface area contributed by atoms with E-state index in [-0.39, 0.29) is 0 Å². The van der Waals surface area contributed by atoms with Gasteiger partial charge in [0.2, 0.25) is 0 Å². The van der Waals surface area contributed by atoms with Crippen LogP contribution in [0.4, 0.5) is 0 Å². The first kappa shape index (κ1) is 9.07. The Morgan fingerprint density at radius 3 is 2.75 bits per heavy atom. The van der Waals surface area contributed by atoms with Gasteiger partial charge in [0.05, 0.1) is 0 Å². The first-order chi connectivity index (χ1) is 5.77. The summed E-state index contributed by atoms with van der Waals surface area (Å²) in [7, 11) is 0. The van der Waals surface area contributed by atoms with Crippen molar-refractivity contribution in [2.45, 2.75) is 26.7 Å². The largest absolute Gasteiger partial charge is 0.340 e. The summed E-state index contributed by atoms with van der Waals surface area (Å²) < 4.78 is 0. The lowest BCUT2D eigenvalue weighted by atomic mass is 10.1. The minimum absolute atomic E-state index is 0.572. The molecule has 0 saturated heterocycles. The Labute approximate surface area is 72.7 Å². The molecular formula is C10H14O2. The highest BCUT2D eigenvalue weighted by Gasteiger charge is 2.02. The second-order valence-corrected chi connectivity index (χ2v) is 2.95. The summed E-state index contributed by atoms with van der Waals surface area (Å²) in [6.45, 7) is 4.13. The topological polar surface area (TPSA) is 29.5 Å². The van der Waals surface area contributed by atoms with Crippen LogP contribution in [-0.2, 0) is 6.42 Å². The minimum Gasteiger partial charge on any atom is -0.340 e. The quantitative estimate of drug-likeness (QED) is 0.552. The fourth-order valence-electron chi connectivity index (χ4n) is 1.26. The molecule has 0 aliphatic carbocycles. The van der Waals surface area contributed by atoms with Crippen molar-refractivity contribution in [3.8, 4) is 5.75 Å². The van der Waals surface area contributed by atoms with Gasteiger partial charge >= 0.3 is 0 Å². The van der Waals surface area contributed by atoms with Gasteiger partial charge in [0.15, 0.2) is 5.75 Å². The molecule has 12 heavy (non-hydrogen) atoms. The molecule has 0 radical (unpaired) electrons. The summed E-state index contributed by atoms with van der Waals surface area (Å²) in [5.41, 5.74) is 2.26. The SMILES string of the molecule is CCCc1cc(C)ccc1OO. The van der Waals surface area contributed by atoms with E-state index in [1.54, 1.807) is 6.07 Å². The Kier molecular flexibility index (Phi) is 3.11. The zero-order valence-electron chi connectivity index (χ0n) is 7.50. The lowest BCUT2D eigenvalue weighted by Gasteiger charge is -2.05. The van der Waals surface area contributed by atoms with Gasteiger partial charge in [-0.3, -0.25) is 0 Å². The zero-order valence-corrected chi connectivity index (χ0v) is 7.50.